The summed E-state index contributed by atoms with van der Waals surface area (Å²) in [6, 6.07) is 8.86. The number of hydrogen-bond acceptors (Lipinski definition) is 6. The van der Waals surface area contributed by atoms with Crippen LogP contribution in [0.5, 0.6) is 11.5 Å². The molecule has 0 N–H and O–H groups in total. The maximum absolute atomic E-state index is 13.3. The molecule has 10 heteroatoms. The van der Waals surface area contributed by atoms with Gasteiger partial charge < -0.3 is 19.1 Å². The second-order valence-electron chi connectivity index (χ2n) is 8.36. The number of ether oxygens (including phenoxy) is 3. The van der Waals surface area contributed by atoms with Crippen molar-refractivity contribution in [1.29, 1.82) is 5.26 Å². The summed E-state index contributed by atoms with van der Waals surface area (Å²) in [7, 11) is 1.37. The van der Waals surface area contributed by atoms with Gasteiger partial charge in [-0.1, -0.05) is 0 Å². The molecular weight excluding hydrogens is 446 g/mol. The molecule has 3 heterocycles. The lowest BCUT2D eigenvalue weighted by Gasteiger charge is -2.28. The van der Waals surface area contributed by atoms with E-state index in [0.717, 1.165) is 5.56 Å². The zero-order chi connectivity index (χ0) is 24.5. The Hall–Kier alpha value is -3.71. The summed E-state index contributed by atoms with van der Waals surface area (Å²) in [5.41, 5.74) is 1.67. The van der Waals surface area contributed by atoms with Gasteiger partial charge in [0.05, 0.1) is 43.7 Å². The summed E-state index contributed by atoms with van der Waals surface area (Å²) >= 11 is 0. The molecule has 4 rings (SSSR count). The van der Waals surface area contributed by atoms with E-state index < -0.39 is 17.9 Å². The van der Waals surface area contributed by atoms with Gasteiger partial charge in [-0.15, -0.1) is 0 Å². The first kappa shape index (κ1) is 23.4. The summed E-state index contributed by atoms with van der Waals surface area (Å²) in [5.74, 6) is -0.635. The van der Waals surface area contributed by atoms with Crippen molar-refractivity contribution in [2.75, 3.05) is 33.4 Å². The number of morpholine rings is 1. The Balaban J connectivity index is 1.82. The van der Waals surface area contributed by atoms with Crippen LogP contribution >= 0.6 is 0 Å². The van der Waals surface area contributed by atoms with Crippen molar-refractivity contribution < 1.29 is 27.8 Å². The fourth-order valence-corrected chi connectivity index (χ4v) is 3.87. The lowest BCUT2D eigenvalue weighted by atomic mass is 9.87. The highest BCUT2D eigenvalue weighted by atomic mass is 19.3. The molecule has 3 aromatic rings. The van der Waals surface area contributed by atoms with Gasteiger partial charge in [0.2, 0.25) is 0 Å². The molecule has 34 heavy (non-hydrogen) atoms. The quantitative estimate of drug-likeness (QED) is 0.543. The fourth-order valence-electron chi connectivity index (χ4n) is 3.87. The van der Waals surface area contributed by atoms with Crippen LogP contribution in [0.25, 0.3) is 16.9 Å². The van der Waals surface area contributed by atoms with Gasteiger partial charge in [0.25, 0.3) is 5.91 Å². The number of hydrogen-bond donors (Lipinski definition) is 0. The van der Waals surface area contributed by atoms with Crippen molar-refractivity contribution >= 4 is 11.6 Å². The smallest absolute Gasteiger partial charge is 0.387 e. The lowest BCUT2D eigenvalue weighted by Crippen LogP contribution is -2.41. The van der Waals surface area contributed by atoms with Crippen molar-refractivity contribution in [3.63, 3.8) is 0 Å². The Kier molecular flexibility index (Phi) is 6.39. The second kappa shape index (κ2) is 9.27. The molecule has 1 aromatic carbocycles. The van der Waals surface area contributed by atoms with Gasteiger partial charge in [-0.3, -0.25) is 9.20 Å². The van der Waals surface area contributed by atoms with Gasteiger partial charge in [-0.05, 0) is 43.7 Å². The van der Waals surface area contributed by atoms with Gasteiger partial charge in [-0.25, -0.2) is 4.98 Å². The number of methoxy groups -OCH3 is 1. The lowest BCUT2D eigenvalue weighted by molar-refractivity contribution is -0.0504. The number of halogens is 2. The summed E-state index contributed by atoms with van der Waals surface area (Å²) in [5, 5.41) is 9.42. The molecule has 8 nitrogen and oxygen atoms in total. The van der Waals surface area contributed by atoms with Crippen molar-refractivity contribution in [1.82, 2.24) is 14.3 Å². The Labute approximate surface area is 195 Å². The van der Waals surface area contributed by atoms with Gasteiger partial charge >= 0.3 is 6.61 Å². The van der Waals surface area contributed by atoms with Gasteiger partial charge in [-0.2, -0.15) is 14.0 Å². The maximum atomic E-state index is 13.3. The number of rotatable bonds is 6. The number of carbonyl (C=O) groups is 1. The third-order valence-corrected chi connectivity index (χ3v) is 5.82. The van der Waals surface area contributed by atoms with E-state index in [4.69, 9.17) is 14.2 Å². The number of nitrogens with zero attached hydrogens (tertiary/aromatic N) is 4. The summed E-state index contributed by atoms with van der Waals surface area (Å²) < 4.78 is 43.9. The molecule has 0 unspecified atom stereocenters. The number of amides is 1. The van der Waals surface area contributed by atoms with Crippen molar-refractivity contribution in [2.24, 2.45) is 0 Å². The predicted molar refractivity (Wildman–Crippen MR) is 119 cm³/mol. The first-order chi connectivity index (χ1) is 16.2. The molecule has 1 fully saturated rings. The predicted octanol–water partition coefficient (Wildman–Crippen LogP) is 3.88. The molecule has 0 atom stereocenters. The Morgan fingerprint density at radius 2 is 1.94 bits per heavy atom. The molecule has 0 spiro atoms. The number of fused-ring (bicyclic) bond motifs is 1. The molecular formula is C24H24F2N4O4. The average Bonchev–Trinajstić information content (AvgIpc) is 3.26. The van der Waals surface area contributed by atoms with Crippen LogP contribution in [0.2, 0.25) is 0 Å². The number of nitriles is 1. The third kappa shape index (κ3) is 4.39. The van der Waals surface area contributed by atoms with E-state index in [0.29, 0.717) is 43.2 Å². The number of alkyl halides is 2. The minimum atomic E-state index is -3.13. The average molecular weight is 470 g/mol. The van der Waals surface area contributed by atoms with E-state index in [9.17, 15) is 18.8 Å². The number of carbonyl (C=O) groups excluding carboxylic acids is 1. The topological polar surface area (TPSA) is 89.1 Å². The van der Waals surface area contributed by atoms with Crippen LogP contribution in [0.3, 0.4) is 0 Å². The van der Waals surface area contributed by atoms with E-state index in [2.05, 4.69) is 11.1 Å². The zero-order valence-electron chi connectivity index (χ0n) is 19.0. The van der Waals surface area contributed by atoms with E-state index in [1.807, 2.05) is 19.9 Å². The van der Waals surface area contributed by atoms with Crippen LogP contribution in [0.15, 0.2) is 36.7 Å². The molecule has 1 saturated heterocycles. The Bertz CT molecular complexity index is 1260. The molecule has 1 aliphatic rings. The third-order valence-electron chi connectivity index (χ3n) is 5.82. The summed E-state index contributed by atoms with van der Waals surface area (Å²) in [6.45, 7) is 1.90. The Morgan fingerprint density at radius 1 is 1.24 bits per heavy atom. The monoisotopic (exact) mass is 470 g/mol. The van der Waals surface area contributed by atoms with Crippen molar-refractivity contribution in [3.8, 4) is 28.8 Å². The van der Waals surface area contributed by atoms with Gasteiger partial charge in [0.1, 0.15) is 22.7 Å². The molecule has 2 aromatic heterocycles. The number of imidazole rings is 1. The van der Waals surface area contributed by atoms with Gasteiger partial charge in [0, 0.05) is 24.8 Å². The number of aromatic nitrogens is 2. The van der Waals surface area contributed by atoms with Gasteiger partial charge in [0.15, 0.2) is 0 Å². The maximum Gasteiger partial charge on any atom is 0.387 e. The van der Waals surface area contributed by atoms with E-state index in [1.165, 1.54) is 18.1 Å². The van der Waals surface area contributed by atoms with Crippen LogP contribution in [0.4, 0.5) is 8.78 Å². The normalized spacial score (nSPS) is 14.3. The van der Waals surface area contributed by atoms with E-state index in [-0.39, 0.29) is 17.1 Å². The zero-order valence-corrected chi connectivity index (χ0v) is 19.0. The first-order valence-electron chi connectivity index (χ1n) is 10.7. The van der Waals surface area contributed by atoms with Crippen LogP contribution in [0.1, 0.15) is 29.8 Å². The highest BCUT2D eigenvalue weighted by molar-refractivity contribution is 6.00. The molecule has 0 aliphatic carbocycles. The highest BCUT2D eigenvalue weighted by Gasteiger charge is 2.28. The molecule has 1 amide bonds. The molecule has 0 saturated carbocycles. The molecule has 1 aliphatic heterocycles. The fraction of sp³-hybridized carbons (Fsp3) is 0.375. The van der Waals surface area contributed by atoms with E-state index in [1.54, 1.807) is 28.9 Å². The van der Waals surface area contributed by atoms with Crippen molar-refractivity contribution in [3.05, 3.63) is 47.8 Å². The largest absolute Gasteiger partial charge is 0.496 e. The Morgan fingerprint density at radius 3 is 2.59 bits per heavy atom. The SMILES string of the molecule is COc1cc(-c2cnc3cc(C(C)(C)C#N)ccn23)cc(OC(F)F)c1C(=O)N1CCOCC1. The first-order valence-corrected chi connectivity index (χ1v) is 10.7. The molecule has 0 bridgehead atoms. The number of benzene rings is 1. The van der Waals surface area contributed by atoms with Crippen LogP contribution in [0, 0.1) is 11.3 Å². The summed E-state index contributed by atoms with van der Waals surface area (Å²) in [6.07, 6.45) is 3.35. The van der Waals surface area contributed by atoms with Crippen LogP contribution < -0.4 is 9.47 Å². The number of pyridine rings is 1. The molecule has 178 valence electrons. The second-order valence-corrected chi connectivity index (χ2v) is 8.36. The highest BCUT2D eigenvalue weighted by Crippen LogP contribution is 2.37. The summed E-state index contributed by atoms with van der Waals surface area (Å²) in [4.78, 5) is 19.1. The minimum absolute atomic E-state index is 0.0691. The van der Waals surface area contributed by atoms with E-state index >= 15 is 0 Å². The standard InChI is InChI=1S/C24H24F2N4O4/c1-24(2,14-27)16-4-5-30-17(13-28-20(30)12-16)15-10-18(32-3)21(19(11-15)34-23(25)26)22(31)29-6-8-33-9-7-29/h4-5,10-13,23H,6-9H2,1-3H3. The van der Waals surface area contributed by atoms with Crippen LogP contribution in [-0.2, 0) is 10.2 Å². The molecule has 0 radical (unpaired) electrons. The minimum Gasteiger partial charge on any atom is -0.496 e. The van der Waals surface area contributed by atoms with Crippen LogP contribution in [-0.4, -0.2) is 60.2 Å². The van der Waals surface area contributed by atoms with Crippen molar-refractivity contribution in [2.45, 2.75) is 25.9 Å².